The quantitative estimate of drug-likeness (QED) is 0.0146. The summed E-state index contributed by atoms with van der Waals surface area (Å²) in [6.07, 6.45) is 66.9. The minimum atomic E-state index is -4.93. The number of unbranched alkanes of at least 4 members (excludes halogenated alkanes) is 16. The Labute approximate surface area is 512 Å². The topological polar surface area (TPSA) is 231 Å². The Hall–Kier alpha value is -4.05. The van der Waals surface area contributed by atoms with Crippen molar-refractivity contribution in [3.8, 4) is 0 Å². The molecule has 486 valence electrons. The lowest BCUT2D eigenvalue weighted by Crippen LogP contribution is -2.30. The number of rotatable bonds is 59. The summed E-state index contributed by atoms with van der Waals surface area (Å²) in [6, 6.07) is 0. The van der Waals surface area contributed by atoms with Crippen LogP contribution in [0.15, 0.2) is 122 Å². The summed E-state index contributed by atoms with van der Waals surface area (Å²) in [5.41, 5.74) is 0. The minimum absolute atomic E-state index is 0.0789. The highest BCUT2D eigenvalue weighted by atomic mass is 31.2. The highest BCUT2D eigenvalue weighted by Crippen LogP contribution is 2.45. The molecular weight excluding hydrogens is 1120 g/mol. The Morgan fingerprint density at radius 2 is 0.624 bits per heavy atom. The number of aliphatic hydroxyl groups is 2. The van der Waals surface area contributed by atoms with E-state index in [1.54, 1.807) is 0 Å². The maximum Gasteiger partial charge on any atom is 0.472 e. The number of allylic oxidation sites excluding steroid dienone is 20. The molecule has 0 rings (SSSR count). The Morgan fingerprint density at radius 1 is 0.341 bits per heavy atom. The number of ether oxygens (including phenoxy) is 3. The Bertz CT molecular complexity index is 2040. The molecule has 0 heterocycles. The summed E-state index contributed by atoms with van der Waals surface area (Å²) < 4.78 is 60.7. The van der Waals surface area contributed by atoms with Crippen molar-refractivity contribution in [1.82, 2.24) is 0 Å². The van der Waals surface area contributed by atoms with E-state index < -0.39 is 91.5 Å². The minimum Gasteiger partial charge on any atom is -0.463 e. The van der Waals surface area contributed by atoms with E-state index in [0.717, 1.165) is 167 Å². The predicted octanol–water partition coefficient (Wildman–Crippen LogP) is 17.1. The number of carbonyl (C=O) groups is 3. The Kier molecular flexibility index (Phi) is 57.4. The molecular formula is C67H112O16P2. The first-order valence-corrected chi connectivity index (χ1v) is 34.8. The first-order chi connectivity index (χ1) is 41.2. The third-order valence-corrected chi connectivity index (χ3v) is 14.5. The van der Waals surface area contributed by atoms with Crippen LogP contribution >= 0.6 is 15.6 Å². The molecule has 0 saturated carbocycles. The summed E-state index contributed by atoms with van der Waals surface area (Å²) in [5.74, 6) is -1.64. The Morgan fingerprint density at radius 3 is 0.988 bits per heavy atom. The van der Waals surface area contributed by atoms with Gasteiger partial charge >= 0.3 is 33.6 Å². The van der Waals surface area contributed by atoms with Crippen LogP contribution in [0.5, 0.6) is 0 Å². The fraction of sp³-hybridized carbons (Fsp3) is 0.657. The number of phosphoric ester groups is 2. The van der Waals surface area contributed by atoms with Crippen molar-refractivity contribution in [2.75, 3.05) is 39.6 Å². The second kappa shape index (κ2) is 60.2. The molecule has 0 saturated heterocycles. The van der Waals surface area contributed by atoms with Gasteiger partial charge in [-0.1, -0.05) is 206 Å². The third kappa shape index (κ3) is 61.4. The van der Waals surface area contributed by atoms with Crippen LogP contribution in [0.25, 0.3) is 0 Å². The molecule has 16 nitrogen and oxygen atoms in total. The largest absolute Gasteiger partial charge is 0.472 e. The van der Waals surface area contributed by atoms with Crippen LogP contribution in [0.4, 0.5) is 0 Å². The number of phosphoric acid groups is 2. The maximum atomic E-state index is 12.9. The molecule has 0 aromatic rings. The molecule has 18 heteroatoms. The lowest BCUT2D eigenvalue weighted by molar-refractivity contribution is -0.161. The van der Waals surface area contributed by atoms with Crippen LogP contribution in [-0.4, -0.2) is 95.9 Å². The van der Waals surface area contributed by atoms with Gasteiger partial charge in [-0.3, -0.25) is 32.5 Å². The lowest BCUT2D eigenvalue weighted by Gasteiger charge is -2.21. The van der Waals surface area contributed by atoms with Gasteiger partial charge in [0.1, 0.15) is 25.4 Å². The average Bonchev–Trinajstić information content (AvgIpc) is 3.51. The zero-order valence-electron chi connectivity index (χ0n) is 52.2. The molecule has 0 bridgehead atoms. The fourth-order valence-corrected chi connectivity index (χ4v) is 9.41. The Balaban J connectivity index is 4.70. The molecule has 0 aromatic heterocycles. The van der Waals surface area contributed by atoms with Gasteiger partial charge in [0.25, 0.3) is 0 Å². The first kappa shape index (κ1) is 81.0. The number of carbonyl (C=O) groups excluding carboxylic acids is 3. The molecule has 4 N–H and O–H groups in total. The molecule has 0 aliphatic rings. The molecule has 5 atom stereocenters. The van der Waals surface area contributed by atoms with Crippen LogP contribution in [0.1, 0.15) is 226 Å². The first-order valence-electron chi connectivity index (χ1n) is 31.8. The average molecular weight is 1240 g/mol. The zero-order chi connectivity index (χ0) is 62.4. The van der Waals surface area contributed by atoms with E-state index in [2.05, 4.69) is 142 Å². The summed E-state index contributed by atoms with van der Waals surface area (Å²) in [6.45, 7) is 2.28. The summed E-state index contributed by atoms with van der Waals surface area (Å²) >= 11 is 0. The highest BCUT2D eigenvalue weighted by Gasteiger charge is 2.29. The predicted molar refractivity (Wildman–Crippen MR) is 343 cm³/mol. The van der Waals surface area contributed by atoms with Crippen molar-refractivity contribution in [2.24, 2.45) is 0 Å². The van der Waals surface area contributed by atoms with Gasteiger partial charge in [0.2, 0.25) is 0 Å². The summed E-state index contributed by atoms with van der Waals surface area (Å²) in [7, 11) is -9.79. The molecule has 0 fully saturated rings. The standard InChI is InChI=1S/C67H112O16P2/c1-4-7-10-13-16-19-22-25-27-29-30-32-34-36-38-41-44-47-50-53-65(70)77-56-62(68)57-79-84(73,74)80-58-63(69)59-81-85(75,76)82-61-64(83-67(72)55-52-49-46-43-40-35-24-21-18-15-12-9-6-3)60-78-66(71)54-51-48-45-42-39-37-33-31-28-26-23-20-17-14-11-8-5-2/h7-8,10-12,15-17,19-21,24-28,30,32-33,37,62-64,68-69H,4-6,9,13-14,18,22-23,29,31,34-36,38-61H2,1-3H3,(H,73,74)(H,75,76)/b10-7-,11-8-,15-12-,19-16-,20-17-,24-21-,27-25-,28-26-,32-30-,37-33-. The number of aliphatic hydroxyl groups excluding tert-OH is 2. The zero-order valence-corrected chi connectivity index (χ0v) is 54.0. The monoisotopic (exact) mass is 1230 g/mol. The summed E-state index contributed by atoms with van der Waals surface area (Å²) in [5, 5.41) is 20.5. The van der Waals surface area contributed by atoms with E-state index >= 15 is 0 Å². The van der Waals surface area contributed by atoms with Gasteiger partial charge in [0, 0.05) is 19.3 Å². The van der Waals surface area contributed by atoms with E-state index in [9.17, 15) is 43.5 Å². The van der Waals surface area contributed by atoms with Crippen LogP contribution in [0, 0.1) is 0 Å². The van der Waals surface area contributed by atoms with Gasteiger partial charge in [-0.05, 0) is 122 Å². The SMILES string of the molecule is CC/C=C\C/C=C\C/C=C\C/C=C\CCCCCCCCC(=O)OCC(O)COP(=O)(O)OCC(O)COP(=O)(O)OCC(COC(=O)CCCCCC/C=C\C/C=C\C/C=C\C/C=C\CC)OC(=O)CCCCCCC/C=C\C/C=C\CCC. The molecule has 0 aromatic carbocycles. The number of hydrogen-bond donors (Lipinski definition) is 4. The summed E-state index contributed by atoms with van der Waals surface area (Å²) in [4.78, 5) is 58.2. The van der Waals surface area contributed by atoms with Gasteiger partial charge in [-0.25, -0.2) is 9.13 Å². The van der Waals surface area contributed by atoms with Crippen molar-refractivity contribution >= 4 is 33.6 Å². The van der Waals surface area contributed by atoms with Crippen LogP contribution < -0.4 is 0 Å². The van der Waals surface area contributed by atoms with Crippen molar-refractivity contribution in [3.05, 3.63) is 122 Å². The number of esters is 3. The van der Waals surface area contributed by atoms with Crippen LogP contribution in [-0.2, 0) is 55.8 Å². The fourth-order valence-electron chi connectivity index (χ4n) is 7.82. The van der Waals surface area contributed by atoms with Crippen molar-refractivity contribution in [3.63, 3.8) is 0 Å². The maximum absolute atomic E-state index is 12.9. The van der Waals surface area contributed by atoms with Crippen LogP contribution in [0.2, 0.25) is 0 Å². The van der Waals surface area contributed by atoms with E-state index in [-0.39, 0.29) is 19.3 Å². The van der Waals surface area contributed by atoms with Gasteiger partial charge < -0.3 is 34.2 Å². The normalized spacial score (nSPS) is 15.1. The smallest absolute Gasteiger partial charge is 0.463 e. The molecule has 0 spiro atoms. The van der Waals surface area contributed by atoms with E-state index in [4.69, 9.17) is 32.3 Å². The van der Waals surface area contributed by atoms with Gasteiger partial charge in [-0.2, -0.15) is 0 Å². The van der Waals surface area contributed by atoms with Gasteiger partial charge in [-0.15, -0.1) is 0 Å². The van der Waals surface area contributed by atoms with E-state index in [1.807, 2.05) is 0 Å². The van der Waals surface area contributed by atoms with Crippen molar-refractivity contribution in [1.29, 1.82) is 0 Å². The van der Waals surface area contributed by atoms with E-state index in [0.29, 0.717) is 19.3 Å². The van der Waals surface area contributed by atoms with E-state index in [1.165, 1.54) is 0 Å². The van der Waals surface area contributed by atoms with Crippen molar-refractivity contribution < 1.29 is 75.8 Å². The molecule has 0 aliphatic carbocycles. The van der Waals surface area contributed by atoms with Crippen molar-refractivity contribution in [2.45, 2.75) is 245 Å². The van der Waals surface area contributed by atoms with Gasteiger partial charge in [0.05, 0.1) is 26.4 Å². The highest BCUT2D eigenvalue weighted by molar-refractivity contribution is 7.47. The van der Waals surface area contributed by atoms with Crippen LogP contribution in [0.3, 0.4) is 0 Å². The molecule has 5 unspecified atom stereocenters. The van der Waals surface area contributed by atoms with Gasteiger partial charge in [0.15, 0.2) is 6.10 Å². The molecule has 0 radical (unpaired) electrons. The second-order valence-corrected chi connectivity index (χ2v) is 23.7. The molecule has 0 aliphatic heterocycles. The lowest BCUT2D eigenvalue weighted by atomic mass is 10.1. The third-order valence-electron chi connectivity index (χ3n) is 12.6. The molecule has 85 heavy (non-hydrogen) atoms. The number of hydrogen-bond acceptors (Lipinski definition) is 14. The second-order valence-electron chi connectivity index (χ2n) is 20.8. The molecule has 0 amide bonds.